The van der Waals surface area contributed by atoms with E-state index in [1.165, 1.54) is 4.90 Å². The summed E-state index contributed by atoms with van der Waals surface area (Å²) >= 11 is 0. The molecule has 0 saturated carbocycles. The van der Waals surface area contributed by atoms with Gasteiger partial charge in [0.15, 0.2) is 0 Å². The Morgan fingerprint density at radius 2 is 1.96 bits per heavy atom. The van der Waals surface area contributed by atoms with Crippen molar-refractivity contribution in [2.24, 2.45) is 0 Å². The van der Waals surface area contributed by atoms with Gasteiger partial charge in [0.05, 0.1) is 13.2 Å². The molecule has 1 amide bonds. The number of carbonyl (C=O) groups excluding carboxylic acids is 2. The van der Waals surface area contributed by atoms with Crippen molar-refractivity contribution in [2.75, 3.05) is 6.61 Å². The number of hydrogen-bond acceptors (Lipinski definition) is 4. The highest BCUT2D eigenvalue weighted by atomic mass is 16.6. The Morgan fingerprint density at radius 3 is 2.58 bits per heavy atom. The lowest BCUT2D eigenvalue weighted by atomic mass is 9.94. The highest BCUT2D eigenvalue weighted by Crippen LogP contribution is 2.26. The fraction of sp³-hybridized carbons (Fsp3) is 0.474. The van der Waals surface area contributed by atoms with E-state index in [2.05, 4.69) is 6.58 Å². The second-order valence-corrected chi connectivity index (χ2v) is 6.84. The van der Waals surface area contributed by atoms with Gasteiger partial charge in [-0.15, -0.1) is 6.58 Å². The minimum absolute atomic E-state index is 0.267. The summed E-state index contributed by atoms with van der Waals surface area (Å²) in [7, 11) is 0. The van der Waals surface area contributed by atoms with E-state index in [4.69, 9.17) is 9.47 Å². The van der Waals surface area contributed by atoms with E-state index < -0.39 is 23.7 Å². The Labute approximate surface area is 143 Å². The molecule has 1 aliphatic heterocycles. The van der Waals surface area contributed by atoms with E-state index >= 15 is 0 Å². The van der Waals surface area contributed by atoms with Crippen LogP contribution >= 0.6 is 0 Å². The van der Waals surface area contributed by atoms with E-state index in [1.807, 2.05) is 24.3 Å². The van der Waals surface area contributed by atoms with Crippen LogP contribution < -0.4 is 0 Å². The number of benzene rings is 1. The third-order valence-electron chi connectivity index (χ3n) is 3.71. The van der Waals surface area contributed by atoms with Gasteiger partial charge in [0, 0.05) is 6.42 Å². The molecule has 0 spiro atoms. The number of nitrogens with zero attached hydrogens (tertiary/aromatic N) is 1. The van der Waals surface area contributed by atoms with Crippen LogP contribution in [0.4, 0.5) is 4.79 Å². The Kier molecular flexibility index (Phi) is 5.65. The standard InChI is InChI=1S/C19H25NO4/c1-5-6-11-23-17(21)16-12-14-9-7-8-10-15(14)13-20(16)18(22)24-19(2,3)4/h5,7-10,16H,1,6,11-13H2,2-4H3/t16-/m0/s1. The molecule has 1 aromatic rings. The zero-order chi connectivity index (χ0) is 17.7. The minimum atomic E-state index is -0.667. The van der Waals surface area contributed by atoms with E-state index in [0.717, 1.165) is 11.1 Å². The second kappa shape index (κ2) is 7.51. The summed E-state index contributed by atoms with van der Waals surface area (Å²) in [5.74, 6) is -0.405. The predicted octanol–water partition coefficient (Wildman–Crippen LogP) is 3.47. The first-order valence-electron chi connectivity index (χ1n) is 8.16. The smallest absolute Gasteiger partial charge is 0.411 e. The summed E-state index contributed by atoms with van der Waals surface area (Å²) in [4.78, 5) is 26.5. The molecule has 1 aliphatic rings. The highest BCUT2D eigenvalue weighted by molar-refractivity contribution is 5.82. The molecule has 0 bridgehead atoms. The third-order valence-corrected chi connectivity index (χ3v) is 3.71. The Morgan fingerprint density at radius 1 is 1.29 bits per heavy atom. The van der Waals surface area contributed by atoms with Crippen molar-refractivity contribution in [3.05, 3.63) is 48.0 Å². The van der Waals surface area contributed by atoms with E-state index in [9.17, 15) is 9.59 Å². The zero-order valence-electron chi connectivity index (χ0n) is 14.6. The van der Waals surface area contributed by atoms with Crippen molar-refractivity contribution in [1.82, 2.24) is 4.90 Å². The molecule has 1 atom stereocenters. The molecule has 0 N–H and O–H groups in total. The van der Waals surface area contributed by atoms with Crippen LogP contribution in [-0.2, 0) is 27.2 Å². The summed E-state index contributed by atoms with van der Waals surface area (Å²) in [6, 6.07) is 7.13. The van der Waals surface area contributed by atoms with Crippen molar-refractivity contribution in [2.45, 2.75) is 51.8 Å². The fourth-order valence-electron chi connectivity index (χ4n) is 2.59. The monoisotopic (exact) mass is 331 g/mol. The summed E-state index contributed by atoms with van der Waals surface area (Å²) in [6.45, 7) is 9.63. The summed E-state index contributed by atoms with van der Waals surface area (Å²) in [5, 5.41) is 0. The topological polar surface area (TPSA) is 55.8 Å². The zero-order valence-corrected chi connectivity index (χ0v) is 14.6. The minimum Gasteiger partial charge on any atom is -0.464 e. The van der Waals surface area contributed by atoms with Crippen molar-refractivity contribution < 1.29 is 19.1 Å². The fourth-order valence-corrected chi connectivity index (χ4v) is 2.59. The molecule has 1 heterocycles. The van der Waals surface area contributed by atoms with Crippen LogP contribution in [0.25, 0.3) is 0 Å². The van der Waals surface area contributed by atoms with Gasteiger partial charge in [-0.3, -0.25) is 4.90 Å². The number of rotatable bonds is 4. The van der Waals surface area contributed by atoms with Gasteiger partial charge in [-0.2, -0.15) is 0 Å². The van der Waals surface area contributed by atoms with Crippen molar-refractivity contribution in [3.63, 3.8) is 0 Å². The average Bonchev–Trinajstić information content (AvgIpc) is 2.52. The van der Waals surface area contributed by atoms with Gasteiger partial charge >= 0.3 is 12.1 Å². The van der Waals surface area contributed by atoms with Gasteiger partial charge in [-0.05, 0) is 38.3 Å². The average molecular weight is 331 g/mol. The maximum atomic E-state index is 12.5. The molecule has 2 rings (SSSR count). The maximum Gasteiger partial charge on any atom is 0.411 e. The van der Waals surface area contributed by atoms with Gasteiger partial charge in [-0.25, -0.2) is 9.59 Å². The lowest BCUT2D eigenvalue weighted by molar-refractivity contribution is -0.150. The van der Waals surface area contributed by atoms with Crippen LogP contribution in [-0.4, -0.2) is 35.2 Å². The van der Waals surface area contributed by atoms with Crippen molar-refractivity contribution in [1.29, 1.82) is 0 Å². The van der Waals surface area contributed by atoms with E-state index in [0.29, 0.717) is 19.4 Å². The van der Waals surface area contributed by atoms with Crippen LogP contribution in [0.2, 0.25) is 0 Å². The molecule has 0 unspecified atom stereocenters. The van der Waals surface area contributed by atoms with Gasteiger partial charge in [0.1, 0.15) is 11.6 Å². The normalized spacial score (nSPS) is 17.0. The molecule has 5 nitrogen and oxygen atoms in total. The first-order valence-corrected chi connectivity index (χ1v) is 8.16. The van der Waals surface area contributed by atoms with Crippen molar-refractivity contribution in [3.8, 4) is 0 Å². The third kappa shape index (κ3) is 4.60. The maximum absolute atomic E-state index is 12.5. The molecule has 5 heteroatoms. The van der Waals surface area contributed by atoms with Crippen LogP contribution in [0, 0.1) is 0 Å². The molecule has 24 heavy (non-hydrogen) atoms. The summed E-state index contributed by atoms with van der Waals surface area (Å²) < 4.78 is 10.7. The SMILES string of the molecule is C=CCCOC(=O)[C@@H]1Cc2ccccc2CN1C(=O)OC(C)(C)C. The molecule has 0 aliphatic carbocycles. The van der Waals surface area contributed by atoms with E-state index in [-0.39, 0.29) is 6.61 Å². The largest absolute Gasteiger partial charge is 0.464 e. The van der Waals surface area contributed by atoms with Gasteiger partial charge < -0.3 is 9.47 Å². The molecule has 0 fully saturated rings. The quantitative estimate of drug-likeness (QED) is 0.481. The lowest BCUT2D eigenvalue weighted by Crippen LogP contribution is -2.50. The van der Waals surface area contributed by atoms with E-state index in [1.54, 1.807) is 26.8 Å². The number of carbonyl (C=O) groups is 2. The Hall–Kier alpha value is -2.30. The number of esters is 1. The van der Waals surface area contributed by atoms with Gasteiger partial charge in [0.25, 0.3) is 0 Å². The molecule has 0 saturated heterocycles. The second-order valence-electron chi connectivity index (χ2n) is 6.84. The predicted molar refractivity (Wildman–Crippen MR) is 91.5 cm³/mol. The number of fused-ring (bicyclic) bond motifs is 1. The highest BCUT2D eigenvalue weighted by Gasteiger charge is 2.37. The molecular weight excluding hydrogens is 306 g/mol. The van der Waals surface area contributed by atoms with Gasteiger partial charge in [0.2, 0.25) is 0 Å². The number of ether oxygens (including phenoxy) is 2. The molecule has 0 radical (unpaired) electrons. The first kappa shape index (κ1) is 18.0. The van der Waals surface area contributed by atoms with Crippen LogP contribution in [0.15, 0.2) is 36.9 Å². The lowest BCUT2D eigenvalue weighted by Gasteiger charge is -2.36. The molecule has 1 aromatic carbocycles. The number of hydrogen-bond donors (Lipinski definition) is 0. The molecule has 0 aromatic heterocycles. The van der Waals surface area contributed by atoms with Gasteiger partial charge in [-0.1, -0.05) is 30.3 Å². The van der Waals surface area contributed by atoms with Crippen molar-refractivity contribution >= 4 is 12.1 Å². The molecule has 130 valence electrons. The van der Waals surface area contributed by atoms with Crippen LogP contribution in [0.5, 0.6) is 0 Å². The Bertz CT molecular complexity index is 618. The molecular formula is C19H25NO4. The van der Waals surface area contributed by atoms with Crippen LogP contribution in [0.3, 0.4) is 0 Å². The van der Waals surface area contributed by atoms with Crippen LogP contribution in [0.1, 0.15) is 38.3 Å². The summed E-state index contributed by atoms with van der Waals surface area (Å²) in [6.07, 6.45) is 2.21. The first-order chi connectivity index (χ1) is 11.3. The summed E-state index contributed by atoms with van der Waals surface area (Å²) in [5.41, 5.74) is 1.47. The Balaban J connectivity index is 2.21. The number of amides is 1.